The zero-order valence-corrected chi connectivity index (χ0v) is 6.82. The molecule has 1 aliphatic heterocycles. The number of halogens is 6. The van der Waals surface area contributed by atoms with Crippen LogP contribution in [0.5, 0.6) is 0 Å². The summed E-state index contributed by atoms with van der Waals surface area (Å²) in [5.41, 5.74) is 0. The van der Waals surface area contributed by atoms with Crippen molar-refractivity contribution >= 4 is 19.5 Å². The lowest BCUT2D eigenvalue weighted by atomic mass is 10.1. The first kappa shape index (κ1) is 11.9. The Kier molecular flexibility index (Phi) is 2.70. The van der Waals surface area contributed by atoms with Gasteiger partial charge in [-0.1, -0.05) is 0 Å². The van der Waals surface area contributed by atoms with Crippen LogP contribution in [0, 0.1) is 0 Å². The van der Waals surface area contributed by atoms with Gasteiger partial charge in [-0.2, -0.15) is 26.3 Å². The number of alkyl halides is 6. The molecule has 1 aliphatic rings. The Morgan fingerprint density at radius 1 is 0.933 bits per heavy atom. The summed E-state index contributed by atoms with van der Waals surface area (Å²) in [6.07, 6.45) is -10.0. The Bertz CT molecular complexity index is 286. The van der Waals surface area contributed by atoms with Gasteiger partial charge in [-0.15, -0.1) is 0 Å². The topological polar surface area (TPSA) is 36.8 Å². The van der Waals surface area contributed by atoms with Gasteiger partial charge in [-0.3, -0.25) is 0 Å². The standard InChI is InChI=1S/C5H2BF6N3/c6-3-14-1(4(7,8)9)13-2(15-3)5(10,11)12/h3H,(H,13,14,15). The Labute approximate surface area is 80.7 Å². The molecule has 0 amide bonds. The predicted molar refractivity (Wildman–Crippen MR) is 39.7 cm³/mol. The molecule has 1 rings (SSSR count). The van der Waals surface area contributed by atoms with Gasteiger partial charge in [0.2, 0.25) is 11.7 Å². The molecule has 0 bridgehead atoms. The summed E-state index contributed by atoms with van der Waals surface area (Å²) in [6, 6.07) is -1.90. The second-order valence-corrected chi connectivity index (χ2v) is 2.49. The van der Waals surface area contributed by atoms with Gasteiger partial charge in [0.25, 0.3) is 0 Å². The number of aliphatic imine (C=N–C) groups is 2. The number of nitrogens with one attached hydrogen (secondary N) is 1. The third-order valence-electron chi connectivity index (χ3n) is 1.30. The van der Waals surface area contributed by atoms with E-state index in [0.717, 1.165) is 5.32 Å². The maximum atomic E-state index is 12.0. The molecule has 0 aromatic carbocycles. The number of hydrogen-bond donors (Lipinski definition) is 1. The molecule has 3 nitrogen and oxygen atoms in total. The van der Waals surface area contributed by atoms with Gasteiger partial charge >= 0.3 is 12.4 Å². The van der Waals surface area contributed by atoms with E-state index in [0.29, 0.717) is 0 Å². The van der Waals surface area contributed by atoms with Crippen LogP contribution in [0.4, 0.5) is 26.3 Å². The molecule has 1 N–H and O–H groups in total. The molecule has 0 saturated heterocycles. The van der Waals surface area contributed by atoms with Crippen molar-refractivity contribution in [2.75, 3.05) is 0 Å². The molecular weight excluding hydrogens is 227 g/mol. The van der Waals surface area contributed by atoms with Crippen LogP contribution < -0.4 is 5.32 Å². The summed E-state index contributed by atoms with van der Waals surface area (Å²) in [7, 11) is 4.79. The van der Waals surface area contributed by atoms with E-state index in [1.165, 1.54) is 0 Å². The Balaban J connectivity index is 2.94. The van der Waals surface area contributed by atoms with E-state index >= 15 is 0 Å². The van der Waals surface area contributed by atoms with Crippen molar-refractivity contribution < 1.29 is 26.3 Å². The van der Waals surface area contributed by atoms with E-state index in [-0.39, 0.29) is 0 Å². The fraction of sp³-hybridized carbons (Fsp3) is 0.600. The van der Waals surface area contributed by atoms with Crippen LogP contribution in [-0.2, 0) is 0 Å². The third kappa shape index (κ3) is 2.86. The molecular formula is C5H2BF6N3. The summed E-state index contributed by atoms with van der Waals surface area (Å²) in [6.45, 7) is 0. The minimum absolute atomic E-state index is 1.03. The van der Waals surface area contributed by atoms with E-state index in [1.54, 1.807) is 0 Å². The van der Waals surface area contributed by atoms with Crippen molar-refractivity contribution in [2.24, 2.45) is 9.98 Å². The van der Waals surface area contributed by atoms with Gasteiger partial charge in [0.05, 0.1) is 0 Å². The SMILES string of the molecule is [B]C1N=C(C(F)(F)F)NC(C(F)(F)F)=N1. The highest BCUT2D eigenvalue weighted by atomic mass is 19.4. The number of amidine groups is 2. The zero-order chi connectivity index (χ0) is 11.9. The third-order valence-corrected chi connectivity index (χ3v) is 1.30. The van der Waals surface area contributed by atoms with Crippen molar-refractivity contribution in [3.8, 4) is 0 Å². The first-order chi connectivity index (χ1) is 6.60. The second kappa shape index (κ2) is 3.42. The molecule has 0 atom stereocenters. The lowest BCUT2D eigenvalue weighted by molar-refractivity contribution is -0.0683. The smallest absolute Gasteiger partial charge is 0.317 e. The van der Waals surface area contributed by atoms with E-state index < -0.39 is 30.1 Å². The molecule has 0 aromatic heterocycles. The van der Waals surface area contributed by atoms with Gasteiger partial charge in [-0.05, 0) is 0 Å². The molecule has 0 fully saturated rings. The second-order valence-electron chi connectivity index (χ2n) is 2.49. The number of hydrogen-bond acceptors (Lipinski definition) is 3. The minimum Gasteiger partial charge on any atom is -0.317 e. The predicted octanol–water partition coefficient (Wildman–Crippen LogP) is 0.963. The molecule has 0 aliphatic carbocycles. The average molecular weight is 229 g/mol. The average Bonchev–Trinajstić information content (AvgIpc) is 1.99. The molecule has 15 heavy (non-hydrogen) atoms. The van der Waals surface area contributed by atoms with Crippen molar-refractivity contribution in [1.82, 2.24) is 5.32 Å². The van der Waals surface area contributed by atoms with Crippen molar-refractivity contribution in [2.45, 2.75) is 18.4 Å². The minimum atomic E-state index is -5.02. The van der Waals surface area contributed by atoms with Crippen LogP contribution in [-0.4, -0.2) is 37.9 Å². The lowest BCUT2D eigenvalue weighted by Gasteiger charge is -2.22. The van der Waals surface area contributed by atoms with Crippen molar-refractivity contribution in [3.05, 3.63) is 0 Å². The summed E-state index contributed by atoms with van der Waals surface area (Å²) in [4.78, 5) is 5.38. The van der Waals surface area contributed by atoms with E-state index in [1.807, 2.05) is 0 Å². The first-order valence-corrected chi connectivity index (χ1v) is 3.43. The van der Waals surface area contributed by atoms with E-state index in [2.05, 4.69) is 9.98 Å². The van der Waals surface area contributed by atoms with Gasteiger partial charge in [0, 0.05) is 0 Å². The fourth-order valence-corrected chi connectivity index (χ4v) is 0.758. The molecule has 2 radical (unpaired) electrons. The largest absolute Gasteiger partial charge is 0.449 e. The van der Waals surface area contributed by atoms with Crippen LogP contribution in [0.2, 0.25) is 0 Å². The van der Waals surface area contributed by atoms with Gasteiger partial charge in [0.15, 0.2) is 0 Å². The highest BCUT2D eigenvalue weighted by Gasteiger charge is 2.45. The zero-order valence-electron chi connectivity index (χ0n) is 6.82. The van der Waals surface area contributed by atoms with Crippen molar-refractivity contribution in [1.29, 1.82) is 0 Å². The Hall–Kier alpha value is -1.22. The maximum Gasteiger partial charge on any atom is 0.449 e. The molecule has 82 valence electrons. The highest BCUT2D eigenvalue weighted by molar-refractivity contribution is 6.17. The quantitative estimate of drug-likeness (QED) is 0.487. The summed E-state index contributed by atoms with van der Waals surface area (Å²) in [5, 5.41) is 1.03. The molecule has 10 heteroatoms. The van der Waals surface area contributed by atoms with Gasteiger partial charge < -0.3 is 5.32 Å². The van der Waals surface area contributed by atoms with Crippen LogP contribution >= 0.6 is 0 Å². The van der Waals surface area contributed by atoms with Gasteiger partial charge in [0.1, 0.15) is 13.9 Å². The fourth-order valence-electron chi connectivity index (χ4n) is 0.758. The normalized spacial score (nSPS) is 19.3. The monoisotopic (exact) mass is 229 g/mol. The van der Waals surface area contributed by atoms with Crippen LogP contribution in [0.3, 0.4) is 0 Å². The van der Waals surface area contributed by atoms with Crippen LogP contribution in [0.25, 0.3) is 0 Å². The molecule has 0 unspecified atom stereocenters. The summed E-state index contributed by atoms with van der Waals surface area (Å²) < 4.78 is 72.0. The highest BCUT2D eigenvalue weighted by Crippen LogP contribution is 2.23. The molecule has 0 saturated carbocycles. The van der Waals surface area contributed by atoms with Crippen molar-refractivity contribution in [3.63, 3.8) is 0 Å². The van der Waals surface area contributed by atoms with Gasteiger partial charge in [-0.25, -0.2) is 9.98 Å². The molecule has 1 heterocycles. The lowest BCUT2D eigenvalue weighted by Crippen LogP contribution is -2.50. The Morgan fingerprint density at radius 2 is 1.27 bits per heavy atom. The first-order valence-electron chi connectivity index (χ1n) is 3.43. The van der Waals surface area contributed by atoms with Crippen LogP contribution in [0.15, 0.2) is 9.98 Å². The summed E-state index contributed by atoms with van der Waals surface area (Å²) >= 11 is 0. The molecule has 0 aromatic rings. The van der Waals surface area contributed by atoms with E-state index in [9.17, 15) is 26.3 Å². The molecule has 0 spiro atoms. The number of nitrogens with zero attached hydrogens (tertiary/aromatic N) is 2. The van der Waals surface area contributed by atoms with Crippen LogP contribution in [0.1, 0.15) is 0 Å². The Morgan fingerprint density at radius 3 is 1.53 bits per heavy atom. The summed E-state index contributed by atoms with van der Waals surface area (Å²) in [5.74, 6) is -3.62. The number of rotatable bonds is 0. The van der Waals surface area contributed by atoms with E-state index in [4.69, 9.17) is 7.85 Å². The maximum absolute atomic E-state index is 12.0.